The van der Waals surface area contributed by atoms with Gasteiger partial charge in [0.25, 0.3) is 0 Å². The van der Waals surface area contributed by atoms with Crippen LogP contribution in [-0.4, -0.2) is 17.3 Å². The number of ketones is 3. The molecule has 0 aromatic heterocycles. The molecule has 0 spiro atoms. The van der Waals surface area contributed by atoms with E-state index in [0.29, 0.717) is 12.3 Å². The number of carbonyl (C=O) groups excluding carboxylic acids is 3. The van der Waals surface area contributed by atoms with Gasteiger partial charge in [0.2, 0.25) is 0 Å². The summed E-state index contributed by atoms with van der Waals surface area (Å²) < 4.78 is 0. The molecule has 3 nitrogen and oxygen atoms in total. The summed E-state index contributed by atoms with van der Waals surface area (Å²) in [6.45, 7) is 5.32. The summed E-state index contributed by atoms with van der Waals surface area (Å²) in [5.41, 5.74) is 0. The zero-order valence-corrected chi connectivity index (χ0v) is 9.13. The first-order valence-corrected chi connectivity index (χ1v) is 4.94. The number of hydrogen-bond donors (Lipinski definition) is 0. The summed E-state index contributed by atoms with van der Waals surface area (Å²) >= 11 is 0. The third-order valence-electron chi connectivity index (χ3n) is 1.76. The minimum absolute atomic E-state index is 0.0328. The molecule has 3 heteroatoms. The van der Waals surface area contributed by atoms with Gasteiger partial charge in [-0.25, -0.2) is 0 Å². The van der Waals surface area contributed by atoms with Crippen molar-refractivity contribution in [2.75, 3.05) is 0 Å². The quantitative estimate of drug-likeness (QED) is 0.587. The highest BCUT2D eigenvalue weighted by atomic mass is 16.1. The summed E-state index contributed by atoms with van der Waals surface area (Å²) in [5, 5.41) is 0. The van der Waals surface area contributed by atoms with E-state index in [9.17, 15) is 14.4 Å². The van der Waals surface area contributed by atoms with E-state index < -0.39 is 0 Å². The van der Waals surface area contributed by atoms with Gasteiger partial charge in [0.15, 0.2) is 0 Å². The lowest BCUT2D eigenvalue weighted by molar-refractivity contribution is -0.128. The second-order valence-electron chi connectivity index (χ2n) is 4.05. The first-order valence-electron chi connectivity index (χ1n) is 4.94. The largest absolute Gasteiger partial charge is 0.300 e. The maximum Gasteiger partial charge on any atom is 0.140 e. The second kappa shape index (κ2) is 6.46. The van der Waals surface area contributed by atoms with E-state index in [0.717, 1.165) is 0 Å². The minimum atomic E-state index is -0.133. The number of hydrogen-bond acceptors (Lipinski definition) is 3. The van der Waals surface area contributed by atoms with Crippen LogP contribution >= 0.6 is 0 Å². The average Bonchev–Trinajstić information content (AvgIpc) is 1.98. The van der Waals surface area contributed by atoms with Crippen LogP contribution in [0.5, 0.6) is 0 Å². The van der Waals surface area contributed by atoms with E-state index in [1.165, 1.54) is 6.92 Å². The molecule has 0 N–H and O–H groups in total. The lowest BCUT2D eigenvalue weighted by Gasteiger charge is -2.02. The number of carbonyl (C=O) groups is 3. The standard InChI is InChI=1S/C11H18O3/c1-8(2)6-10(13)4-5-11(14)7-9(3)12/h8H,4-7H2,1-3H3. The van der Waals surface area contributed by atoms with E-state index >= 15 is 0 Å². The van der Waals surface area contributed by atoms with Crippen molar-refractivity contribution in [1.82, 2.24) is 0 Å². The Labute approximate surface area is 84.9 Å². The molecule has 0 aliphatic carbocycles. The molecule has 0 bridgehead atoms. The van der Waals surface area contributed by atoms with Crippen molar-refractivity contribution in [2.45, 2.75) is 46.5 Å². The van der Waals surface area contributed by atoms with E-state index in [-0.39, 0.29) is 36.6 Å². The molecule has 0 atom stereocenters. The Kier molecular flexibility index (Phi) is 6.00. The molecule has 0 aliphatic heterocycles. The molecule has 14 heavy (non-hydrogen) atoms. The van der Waals surface area contributed by atoms with Crippen LogP contribution in [0.2, 0.25) is 0 Å². The van der Waals surface area contributed by atoms with Crippen molar-refractivity contribution in [1.29, 1.82) is 0 Å². The highest BCUT2D eigenvalue weighted by Crippen LogP contribution is 2.05. The average molecular weight is 198 g/mol. The summed E-state index contributed by atoms with van der Waals surface area (Å²) in [5.74, 6) is 0.184. The normalized spacial score (nSPS) is 10.3. The third-order valence-corrected chi connectivity index (χ3v) is 1.76. The molecule has 0 saturated carbocycles. The molecule has 0 radical (unpaired) electrons. The van der Waals surface area contributed by atoms with Crippen LogP contribution in [0, 0.1) is 5.92 Å². The van der Waals surface area contributed by atoms with Gasteiger partial charge in [0.1, 0.15) is 17.3 Å². The Balaban J connectivity index is 3.67. The molecule has 0 aromatic carbocycles. The van der Waals surface area contributed by atoms with Gasteiger partial charge in [-0.3, -0.25) is 14.4 Å². The number of Topliss-reactive ketones (excluding diaryl/α,β-unsaturated/α-hetero) is 3. The van der Waals surface area contributed by atoms with Gasteiger partial charge in [0, 0.05) is 19.3 Å². The van der Waals surface area contributed by atoms with Crippen LogP contribution in [0.1, 0.15) is 46.5 Å². The summed E-state index contributed by atoms with van der Waals surface area (Å²) in [6, 6.07) is 0. The Morgan fingerprint density at radius 3 is 1.93 bits per heavy atom. The van der Waals surface area contributed by atoms with Crippen molar-refractivity contribution in [2.24, 2.45) is 5.92 Å². The first kappa shape index (κ1) is 13.0. The summed E-state index contributed by atoms with van der Waals surface area (Å²) in [4.78, 5) is 32.8. The minimum Gasteiger partial charge on any atom is -0.300 e. The molecule has 80 valence electrons. The van der Waals surface area contributed by atoms with Gasteiger partial charge >= 0.3 is 0 Å². The van der Waals surface area contributed by atoms with E-state index in [1.807, 2.05) is 13.8 Å². The Bertz CT molecular complexity index is 229. The van der Waals surface area contributed by atoms with Crippen LogP contribution in [-0.2, 0) is 14.4 Å². The predicted octanol–water partition coefficient (Wildman–Crippen LogP) is 1.93. The summed E-state index contributed by atoms with van der Waals surface area (Å²) in [6.07, 6.45) is 0.984. The molecule has 0 rings (SSSR count). The van der Waals surface area contributed by atoms with Crippen LogP contribution < -0.4 is 0 Å². The molecular weight excluding hydrogens is 180 g/mol. The molecular formula is C11H18O3. The molecule has 0 heterocycles. The fourth-order valence-corrected chi connectivity index (χ4v) is 1.20. The molecule has 0 unspecified atom stereocenters. The number of rotatable bonds is 7. The van der Waals surface area contributed by atoms with Crippen molar-refractivity contribution in [3.05, 3.63) is 0 Å². The fourth-order valence-electron chi connectivity index (χ4n) is 1.20. The Morgan fingerprint density at radius 2 is 1.50 bits per heavy atom. The molecule has 0 saturated heterocycles. The first-order chi connectivity index (χ1) is 6.41. The third kappa shape index (κ3) is 7.65. The van der Waals surface area contributed by atoms with E-state index in [1.54, 1.807) is 0 Å². The molecule has 0 amide bonds. The van der Waals surface area contributed by atoms with Crippen LogP contribution in [0.25, 0.3) is 0 Å². The van der Waals surface area contributed by atoms with Crippen LogP contribution in [0.3, 0.4) is 0 Å². The van der Waals surface area contributed by atoms with Gasteiger partial charge in [-0.1, -0.05) is 13.8 Å². The SMILES string of the molecule is CC(=O)CC(=O)CCC(=O)CC(C)C. The van der Waals surface area contributed by atoms with Crippen molar-refractivity contribution >= 4 is 17.3 Å². The van der Waals surface area contributed by atoms with Crippen LogP contribution in [0.15, 0.2) is 0 Å². The van der Waals surface area contributed by atoms with Gasteiger partial charge in [-0.05, 0) is 12.8 Å². The Morgan fingerprint density at radius 1 is 1.00 bits per heavy atom. The van der Waals surface area contributed by atoms with E-state index in [2.05, 4.69) is 0 Å². The van der Waals surface area contributed by atoms with Gasteiger partial charge in [-0.2, -0.15) is 0 Å². The highest BCUT2D eigenvalue weighted by molar-refractivity contribution is 5.99. The smallest absolute Gasteiger partial charge is 0.140 e. The predicted molar refractivity (Wildman–Crippen MR) is 54.0 cm³/mol. The lowest BCUT2D eigenvalue weighted by Crippen LogP contribution is -2.09. The second-order valence-corrected chi connectivity index (χ2v) is 4.05. The van der Waals surface area contributed by atoms with Gasteiger partial charge in [0.05, 0.1) is 6.42 Å². The fraction of sp³-hybridized carbons (Fsp3) is 0.727. The zero-order valence-electron chi connectivity index (χ0n) is 9.13. The molecule has 0 aromatic rings. The van der Waals surface area contributed by atoms with Crippen molar-refractivity contribution in [3.8, 4) is 0 Å². The molecule has 0 aliphatic rings. The van der Waals surface area contributed by atoms with Gasteiger partial charge in [-0.15, -0.1) is 0 Å². The van der Waals surface area contributed by atoms with Gasteiger partial charge < -0.3 is 0 Å². The summed E-state index contributed by atoms with van der Waals surface area (Å²) in [7, 11) is 0. The maximum absolute atomic E-state index is 11.2. The molecule has 0 fully saturated rings. The zero-order chi connectivity index (χ0) is 11.1. The highest BCUT2D eigenvalue weighted by Gasteiger charge is 2.09. The lowest BCUT2D eigenvalue weighted by atomic mass is 10.0. The monoisotopic (exact) mass is 198 g/mol. The van der Waals surface area contributed by atoms with Crippen LogP contribution in [0.4, 0.5) is 0 Å². The van der Waals surface area contributed by atoms with Crippen molar-refractivity contribution < 1.29 is 14.4 Å². The van der Waals surface area contributed by atoms with E-state index in [4.69, 9.17) is 0 Å². The maximum atomic E-state index is 11.2. The van der Waals surface area contributed by atoms with Crippen molar-refractivity contribution in [3.63, 3.8) is 0 Å². The Hall–Kier alpha value is -0.990. The topological polar surface area (TPSA) is 51.2 Å².